The van der Waals surface area contributed by atoms with E-state index < -0.39 is 0 Å². The Bertz CT molecular complexity index is 935. The predicted octanol–water partition coefficient (Wildman–Crippen LogP) is 4.59. The number of carbonyl (C=O) groups is 1. The summed E-state index contributed by atoms with van der Waals surface area (Å²) >= 11 is 5.21. The maximum atomic E-state index is 12.7. The van der Waals surface area contributed by atoms with Crippen LogP contribution in [0.4, 0.5) is 5.82 Å². The molecule has 25 heavy (non-hydrogen) atoms. The lowest BCUT2D eigenvalue weighted by atomic mass is 10.1. The summed E-state index contributed by atoms with van der Waals surface area (Å²) in [5, 5.41) is 3.99. The van der Waals surface area contributed by atoms with Crippen LogP contribution in [0.15, 0.2) is 46.3 Å². The van der Waals surface area contributed by atoms with Crippen LogP contribution in [0.5, 0.6) is 0 Å². The molecule has 1 N–H and O–H groups in total. The van der Waals surface area contributed by atoms with E-state index in [2.05, 4.69) is 38.3 Å². The van der Waals surface area contributed by atoms with Crippen molar-refractivity contribution in [3.05, 3.63) is 56.7 Å². The van der Waals surface area contributed by atoms with Crippen LogP contribution in [-0.4, -0.2) is 24.0 Å². The van der Waals surface area contributed by atoms with Crippen LogP contribution in [0.2, 0.25) is 0 Å². The molecule has 1 saturated carbocycles. The molecular formula is C19H18BrN3OS. The summed E-state index contributed by atoms with van der Waals surface area (Å²) in [6, 6.07) is 14.2. The van der Waals surface area contributed by atoms with E-state index in [0.717, 1.165) is 39.9 Å². The zero-order valence-corrected chi connectivity index (χ0v) is 16.2. The molecule has 1 aliphatic rings. The van der Waals surface area contributed by atoms with Crippen LogP contribution >= 0.6 is 27.3 Å². The number of anilines is 1. The molecule has 0 atom stereocenters. The van der Waals surface area contributed by atoms with Gasteiger partial charge in [-0.15, -0.1) is 11.3 Å². The number of rotatable bonds is 5. The molecule has 4 rings (SSSR count). The Morgan fingerprint density at radius 1 is 1.32 bits per heavy atom. The molecule has 4 nitrogen and oxygen atoms in total. The third kappa shape index (κ3) is 3.70. The fourth-order valence-electron chi connectivity index (χ4n) is 2.79. The fourth-order valence-corrected chi connectivity index (χ4v) is 4.32. The lowest BCUT2D eigenvalue weighted by Crippen LogP contribution is -2.26. The third-order valence-electron chi connectivity index (χ3n) is 4.27. The molecule has 0 bridgehead atoms. The molecule has 1 aromatic carbocycles. The van der Waals surface area contributed by atoms with Gasteiger partial charge in [0.15, 0.2) is 0 Å². The van der Waals surface area contributed by atoms with Crippen LogP contribution in [-0.2, 0) is 6.54 Å². The molecule has 128 valence electrons. The van der Waals surface area contributed by atoms with Gasteiger partial charge >= 0.3 is 0 Å². The van der Waals surface area contributed by atoms with E-state index in [1.165, 1.54) is 4.88 Å². The Morgan fingerprint density at radius 2 is 2.12 bits per heavy atom. The molecule has 1 amide bonds. The highest BCUT2D eigenvalue weighted by Gasteiger charge is 2.25. The number of hydrogen-bond acceptors (Lipinski definition) is 4. The van der Waals surface area contributed by atoms with Gasteiger partial charge in [-0.2, -0.15) is 0 Å². The molecule has 2 heterocycles. The normalized spacial score (nSPS) is 13.8. The van der Waals surface area contributed by atoms with Crippen molar-refractivity contribution in [2.45, 2.75) is 25.4 Å². The zero-order chi connectivity index (χ0) is 17.4. The smallest absolute Gasteiger partial charge is 0.252 e. The van der Waals surface area contributed by atoms with Gasteiger partial charge in [0.05, 0.1) is 21.4 Å². The largest absolute Gasteiger partial charge is 0.354 e. The van der Waals surface area contributed by atoms with Crippen LogP contribution in [0.25, 0.3) is 10.9 Å². The molecule has 1 fully saturated rings. The monoisotopic (exact) mass is 415 g/mol. The first-order chi connectivity index (χ1) is 12.1. The first-order valence-electron chi connectivity index (χ1n) is 8.26. The number of aromatic nitrogens is 1. The molecule has 0 radical (unpaired) electrons. The molecule has 3 aromatic rings. The van der Waals surface area contributed by atoms with Gasteiger partial charge in [-0.25, -0.2) is 4.98 Å². The Labute approximate surface area is 159 Å². The summed E-state index contributed by atoms with van der Waals surface area (Å²) in [6.45, 7) is 0.755. The number of amides is 1. The van der Waals surface area contributed by atoms with E-state index in [1.807, 2.05) is 37.4 Å². The third-order valence-corrected chi connectivity index (χ3v) is 5.88. The van der Waals surface area contributed by atoms with E-state index in [0.29, 0.717) is 11.6 Å². The molecular weight excluding hydrogens is 398 g/mol. The summed E-state index contributed by atoms with van der Waals surface area (Å²) in [5.41, 5.74) is 1.55. The highest BCUT2D eigenvalue weighted by molar-refractivity contribution is 9.11. The minimum Gasteiger partial charge on any atom is -0.354 e. The Hall–Kier alpha value is -1.92. The van der Waals surface area contributed by atoms with Gasteiger partial charge in [0.1, 0.15) is 5.82 Å². The number of hydrogen-bond donors (Lipinski definition) is 1. The second-order valence-corrected chi connectivity index (χ2v) is 8.90. The SMILES string of the molecule is CN(Cc1ccc(Br)s1)c1cc(C(=O)NC2CC2)c2ccccc2n1. The van der Waals surface area contributed by atoms with Crippen molar-refractivity contribution >= 4 is 49.9 Å². The van der Waals surface area contributed by atoms with Gasteiger partial charge in [0.25, 0.3) is 5.91 Å². The first kappa shape index (κ1) is 16.5. The zero-order valence-electron chi connectivity index (χ0n) is 13.8. The van der Waals surface area contributed by atoms with Crippen molar-refractivity contribution < 1.29 is 4.79 Å². The Morgan fingerprint density at radius 3 is 2.84 bits per heavy atom. The number of para-hydroxylation sites is 1. The highest BCUT2D eigenvalue weighted by atomic mass is 79.9. The number of benzene rings is 1. The Balaban J connectivity index is 1.69. The number of pyridine rings is 1. The predicted molar refractivity (Wildman–Crippen MR) is 106 cm³/mol. The summed E-state index contributed by atoms with van der Waals surface area (Å²) in [7, 11) is 2.01. The first-order valence-corrected chi connectivity index (χ1v) is 9.87. The fraction of sp³-hybridized carbons (Fsp3) is 0.263. The summed E-state index contributed by atoms with van der Waals surface area (Å²) in [4.78, 5) is 20.8. The quantitative estimate of drug-likeness (QED) is 0.662. The van der Waals surface area contributed by atoms with Gasteiger partial charge in [-0.1, -0.05) is 18.2 Å². The maximum Gasteiger partial charge on any atom is 0.252 e. The number of nitrogens with zero attached hydrogens (tertiary/aromatic N) is 2. The summed E-state index contributed by atoms with van der Waals surface area (Å²) < 4.78 is 1.12. The molecule has 0 spiro atoms. The summed E-state index contributed by atoms with van der Waals surface area (Å²) in [6.07, 6.45) is 2.16. The van der Waals surface area contributed by atoms with Crippen molar-refractivity contribution in [1.82, 2.24) is 10.3 Å². The van der Waals surface area contributed by atoms with Crippen LogP contribution in [0, 0.1) is 0 Å². The van der Waals surface area contributed by atoms with E-state index in [1.54, 1.807) is 11.3 Å². The number of carbonyl (C=O) groups excluding carboxylic acids is 1. The van der Waals surface area contributed by atoms with E-state index in [4.69, 9.17) is 4.98 Å². The number of halogens is 1. The highest BCUT2D eigenvalue weighted by Crippen LogP contribution is 2.27. The molecule has 2 aromatic heterocycles. The second-order valence-electron chi connectivity index (χ2n) is 6.35. The number of thiophene rings is 1. The van der Waals surface area contributed by atoms with Crippen molar-refractivity contribution in [1.29, 1.82) is 0 Å². The standard InChI is InChI=1S/C19H18BrN3OS/c1-23(11-13-8-9-17(20)25-13)18-10-15(19(24)21-12-6-7-12)14-4-2-3-5-16(14)22-18/h2-5,8-10,12H,6-7,11H2,1H3,(H,21,24). The van der Waals surface area contributed by atoms with E-state index in [-0.39, 0.29) is 5.91 Å². The van der Waals surface area contributed by atoms with Gasteiger partial charge in [0.2, 0.25) is 0 Å². The number of nitrogens with one attached hydrogen (secondary N) is 1. The van der Waals surface area contributed by atoms with Crippen LogP contribution < -0.4 is 10.2 Å². The lowest BCUT2D eigenvalue weighted by molar-refractivity contribution is 0.0952. The van der Waals surface area contributed by atoms with Crippen molar-refractivity contribution in [3.8, 4) is 0 Å². The summed E-state index contributed by atoms with van der Waals surface area (Å²) in [5.74, 6) is 0.804. The minimum atomic E-state index is -0.00498. The second kappa shape index (κ2) is 6.77. The van der Waals surface area contributed by atoms with Gasteiger partial charge < -0.3 is 10.2 Å². The molecule has 0 saturated heterocycles. The van der Waals surface area contributed by atoms with Crippen molar-refractivity contribution in [2.24, 2.45) is 0 Å². The van der Waals surface area contributed by atoms with Crippen LogP contribution in [0.1, 0.15) is 28.1 Å². The molecule has 1 aliphatic carbocycles. The van der Waals surface area contributed by atoms with Gasteiger partial charge in [-0.05, 0) is 53.0 Å². The van der Waals surface area contributed by atoms with Crippen LogP contribution in [0.3, 0.4) is 0 Å². The molecule has 0 aliphatic heterocycles. The van der Waals surface area contributed by atoms with Gasteiger partial charge in [-0.3, -0.25) is 4.79 Å². The van der Waals surface area contributed by atoms with E-state index in [9.17, 15) is 4.79 Å². The van der Waals surface area contributed by atoms with Crippen molar-refractivity contribution in [3.63, 3.8) is 0 Å². The van der Waals surface area contributed by atoms with Crippen molar-refractivity contribution in [2.75, 3.05) is 11.9 Å². The topological polar surface area (TPSA) is 45.2 Å². The van der Waals surface area contributed by atoms with Gasteiger partial charge in [0, 0.05) is 23.4 Å². The molecule has 6 heteroatoms. The molecule has 0 unspecified atom stereocenters. The lowest BCUT2D eigenvalue weighted by Gasteiger charge is -2.19. The number of fused-ring (bicyclic) bond motifs is 1. The minimum absolute atomic E-state index is 0.00498. The Kier molecular flexibility index (Phi) is 4.48. The maximum absolute atomic E-state index is 12.7. The average molecular weight is 416 g/mol. The van der Waals surface area contributed by atoms with E-state index >= 15 is 0 Å². The average Bonchev–Trinajstić information content (AvgIpc) is 3.33.